The number of sulfonamides is 1. The molecular formula is C22H19N3O3S. The first-order valence-corrected chi connectivity index (χ1v) is 10.3. The lowest BCUT2D eigenvalue weighted by molar-refractivity contribution is 0.102. The molecule has 0 aliphatic carbocycles. The summed E-state index contributed by atoms with van der Waals surface area (Å²) >= 11 is 0. The average Bonchev–Trinajstić information content (AvgIpc) is 2.69. The molecule has 6 nitrogen and oxygen atoms in total. The van der Waals surface area contributed by atoms with Crippen LogP contribution in [0.2, 0.25) is 0 Å². The Bertz CT molecular complexity index is 1230. The van der Waals surface area contributed by atoms with Gasteiger partial charge >= 0.3 is 0 Å². The highest BCUT2D eigenvalue weighted by molar-refractivity contribution is 7.92. The van der Waals surface area contributed by atoms with Crippen molar-refractivity contribution in [2.24, 2.45) is 0 Å². The van der Waals surface area contributed by atoms with Gasteiger partial charge < -0.3 is 5.32 Å². The maximum atomic E-state index is 12.9. The van der Waals surface area contributed by atoms with E-state index in [4.69, 9.17) is 5.26 Å². The summed E-state index contributed by atoms with van der Waals surface area (Å²) in [5, 5.41) is 11.7. The van der Waals surface area contributed by atoms with E-state index in [0.717, 1.165) is 5.56 Å². The summed E-state index contributed by atoms with van der Waals surface area (Å²) in [5.41, 5.74) is 2.97. The summed E-state index contributed by atoms with van der Waals surface area (Å²) in [6.07, 6.45) is 0. The second-order valence-corrected chi connectivity index (χ2v) is 8.25. The Morgan fingerprint density at radius 2 is 1.69 bits per heavy atom. The summed E-state index contributed by atoms with van der Waals surface area (Å²) in [6, 6.07) is 20.0. The number of hydrogen-bond donors (Lipinski definition) is 2. The van der Waals surface area contributed by atoms with Crippen LogP contribution < -0.4 is 10.0 Å². The number of hydrogen-bond acceptors (Lipinski definition) is 4. The maximum absolute atomic E-state index is 12.9. The molecule has 3 rings (SSSR count). The molecule has 0 spiro atoms. The standard InChI is InChI=1S/C22H19N3O3S/c1-15-5-3-8-20(11-15)25-29(27,28)21-13-19(10-9-16(21)2)24-22(26)18-7-4-6-17(12-18)14-23/h3-13,25H,1-2H3,(H,24,26). The molecule has 3 aromatic carbocycles. The number of carbonyl (C=O) groups excluding carboxylic acids is 1. The lowest BCUT2D eigenvalue weighted by Crippen LogP contribution is -2.16. The van der Waals surface area contributed by atoms with Crippen molar-refractivity contribution in [2.75, 3.05) is 10.0 Å². The van der Waals surface area contributed by atoms with Gasteiger partial charge in [0.1, 0.15) is 0 Å². The van der Waals surface area contributed by atoms with Gasteiger partial charge in [-0.2, -0.15) is 5.26 Å². The minimum Gasteiger partial charge on any atom is -0.322 e. The fraction of sp³-hybridized carbons (Fsp3) is 0.0909. The molecular weight excluding hydrogens is 386 g/mol. The van der Waals surface area contributed by atoms with E-state index in [1.165, 1.54) is 12.1 Å². The fourth-order valence-corrected chi connectivity index (χ4v) is 4.14. The molecule has 0 saturated heterocycles. The first-order chi connectivity index (χ1) is 13.8. The van der Waals surface area contributed by atoms with Crippen LogP contribution in [0.1, 0.15) is 27.0 Å². The Hall–Kier alpha value is -3.63. The Morgan fingerprint density at radius 1 is 0.931 bits per heavy atom. The van der Waals surface area contributed by atoms with Crippen LogP contribution in [0, 0.1) is 25.2 Å². The van der Waals surface area contributed by atoms with Crippen LogP contribution in [-0.2, 0) is 10.0 Å². The number of amides is 1. The van der Waals surface area contributed by atoms with Gasteiger partial charge in [-0.1, -0.05) is 24.3 Å². The van der Waals surface area contributed by atoms with Gasteiger partial charge in [-0.25, -0.2) is 8.42 Å². The predicted octanol–water partition coefficient (Wildman–Crippen LogP) is 4.23. The number of aryl methyl sites for hydroxylation is 2. The van der Waals surface area contributed by atoms with Crippen LogP contribution in [0.5, 0.6) is 0 Å². The van der Waals surface area contributed by atoms with Crippen molar-refractivity contribution in [1.82, 2.24) is 0 Å². The van der Waals surface area contributed by atoms with Crippen molar-refractivity contribution in [2.45, 2.75) is 18.7 Å². The average molecular weight is 405 g/mol. The Labute approximate surface area is 169 Å². The molecule has 29 heavy (non-hydrogen) atoms. The second kappa shape index (κ2) is 8.17. The van der Waals surface area contributed by atoms with E-state index >= 15 is 0 Å². The third-order valence-electron chi connectivity index (χ3n) is 4.26. The molecule has 0 aliphatic heterocycles. The van der Waals surface area contributed by atoms with Crippen LogP contribution >= 0.6 is 0 Å². The topological polar surface area (TPSA) is 99.1 Å². The molecule has 0 aliphatic rings. The summed E-state index contributed by atoms with van der Waals surface area (Å²) in [4.78, 5) is 12.5. The van der Waals surface area contributed by atoms with E-state index in [2.05, 4.69) is 10.0 Å². The molecule has 0 aromatic heterocycles. The first kappa shape index (κ1) is 20.1. The minimum absolute atomic E-state index is 0.0718. The Balaban J connectivity index is 1.87. The maximum Gasteiger partial charge on any atom is 0.262 e. The van der Waals surface area contributed by atoms with Gasteiger partial charge in [0.05, 0.1) is 16.5 Å². The molecule has 3 aromatic rings. The summed E-state index contributed by atoms with van der Waals surface area (Å²) < 4.78 is 28.3. The SMILES string of the molecule is Cc1cccc(NS(=O)(=O)c2cc(NC(=O)c3cccc(C#N)c3)ccc2C)c1. The zero-order valence-electron chi connectivity index (χ0n) is 15.9. The van der Waals surface area contributed by atoms with Crippen molar-refractivity contribution in [3.8, 4) is 6.07 Å². The molecule has 2 N–H and O–H groups in total. The molecule has 0 heterocycles. The van der Waals surface area contributed by atoms with E-state index in [9.17, 15) is 13.2 Å². The van der Waals surface area contributed by atoms with E-state index in [-0.39, 0.29) is 4.90 Å². The summed E-state index contributed by atoms with van der Waals surface area (Å²) in [6.45, 7) is 3.56. The van der Waals surface area contributed by atoms with Crippen LogP contribution in [0.3, 0.4) is 0 Å². The van der Waals surface area contributed by atoms with Crippen LogP contribution in [0.4, 0.5) is 11.4 Å². The normalized spacial score (nSPS) is 10.8. The van der Waals surface area contributed by atoms with Crippen molar-refractivity contribution in [3.63, 3.8) is 0 Å². The van der Waals surface area contributed by atoms with Crippen molar-refractivity contribution >= 4 is 27.3 Å². The van der Waals surface area contributed by atoms with Crippen LogP contribution in [0.25, 0.3) is 0 Å². The third kappa shape index (κ3) is 4.81. The molecule has 0 bridgehead atoms. The Kier molecular flexibility index (Phi) is 5.66. The molecule has 0 radical (unpaired) electrons. The molecule has 0 fully saturated rings. The van der Waals surface area contributed by atoms with Crippen LogP contribution in [-0.4, -0.2) is 14.3 Å². The number of carbonyl (C=O) groups is 1. The molecule has 7 heteroatoms. The second-order valence-electron chi connectivity index (χ2n) is 6.60. The largest absolute Gasteiger partial charge is 0.322 e. The zero-order chi connectivity index (χ0) is 21.0. The quantitative estimate of drug-likeness (QED) is 0.663. The highest BCUT2D eigenvalue weighted by Gasteiger charge is 2.18. The molecule has 0 atom stereocenters. The van der Waals surface area contributed by atoms with Crippen LogP contribution in [0.15, 0.2) is 71.6 Å². The molecule has 0 saturated carbocycles. The van der Waals surface area contributed by atoms with E-state index < -0.39 is 15.9 Å². The smallest absolute Gasteiger partial charge is 0.262 e. The van der Waals surface area contributed by atoms with Gasteiger partial charge in [0.25, 0.3) is 15.9 Å². The molecule has 0 unspecified atom stereocenters. The van der Waals surface area contributed by atoms with E-state index in [0.29, 0.717) is 28.1 Å². The number of benzene rings is 3. The number of nitrogens with one attached hydrogen (secondary N) is 2. The fourth-order valence-electron chi connectivity index (χ4n) is 2.82. The van der Waals surface area contributed by atoms with Gasteiger partial charge in [-0.3, -0.25) is 9.52 Å². The number of anilines is 2. The van der Waals surface area contributed by atoms with Gasteiger partial charge in [-0.15, -0.1) is 0 Å². The summed E-state index contributed by atoms with van der Waals surface area (Å²) in [7, 11) is -3.84. The van der Waals surface area contributed by atoms with Gasteiger partial charge in [-0.05, 0) is 67.4 Å². The number of rotatable bonds is 5. The van der Waals surface area contributed by atoms with Gasteiger partial charge in [0, 0.05) is 16.9 Å². The van der Waals surface area contributed by atoms with Crippen molar-refractivity contribution < 1.29 is 13.2 Å². The predicted molar refractivity (Wildman–Crippen MR) is 112 cm³/mol. The number of nitriles is 1. The van der Waals surface area contributed by atoms with E-state index in [1.54, 1.807) is 55.5 Å². The molecule has 146 valence electrons. The third-order valence-corrected chi connectivity index (χ3v) is 5.78. The first-order valence-electron chi connectivity index (χ1n) is 8.80. The lowest BCUT2D eigenvalue weighted by Gasteiger charge is -2.13. The highest BCUT2D eigenvalue weighted by Crippen LogP contribution is 2.24. The van der Waals surface area contributed by atoms with Gasteiger partial charge in [0.2, 0.25) is 0 Å². The highest BCUT2D eigenvalue weighted by atomic mass is 32.2. The van der Waals surface area contributed by atoms with Gasteiger partial charge in [0.15, 0.2) is 0 Å². The number of nitrogens with zero attached hydrogens (tertiary/aromatic N) is 1. The van der Waals surface area contributed by atoms with E-state index in [1.807, 2.05) is 19.1 Å². The lowest BCUT2D eigenvalue weighted by atomic mass is 10.1. The monoisotopic (exact) mass is 405 g/mol. The summed E-state index contributed by atoms with van der Waals surface area (Å²) in [5.74, 6) is -0.430. The van der Waals surface area contributed by atoms with Crippen molar-refractivity contribution in [3.05, 3.63) is 89.0 Å². The zero-order valence-corrected chi connectivity index (χ0v) is 16.7. The minimum atomic E-state index is -3.84. The Morgan fingerprint density at radius 3 is 2.41 bits per heavy atom. The van der Waals surface area contributed by atoms with Crippen molar-refractivity contribution in [1.29, 1.82) is 5.26 Å². The molecule has 1 amide bonds.